The highest BCUT2D eigenvalue weighted by Gasteiger charge is 2.34. The standard InChI is InChI=1S/C17H25F3O/c1-2-3-4-5-6-7-8-13-16(21)14-11-9-10-12-15(14)17(18,19)20/h9-12,16,21H,2-8,13H2,1H3. The number of aliphatic hydroxyl groups excluding tert-OH is 1. The second kappa shape index (κ2) is 9.08. The van der Waals surface area contributed by atoms with E-state index in [0.29, 0.717) is 6.42 Å². The predicted molar refractivity (Wildman–Crippen MR) is 79.0 cm³/mol. The summed E-state index contributed by atoms with van der Waals surface area (Å²) >= 11 is 0. The monoisotopic (exact) mass is 302 g/mol. The number of rotatable bonds is 9. The van der Waals surface area contributed by atoms with E-state index in [1.807, 2.05) is 0 Å². The lowest BCUT2D eigenvalue weighted by Gasteiger charge is -2.17. The number of alkyl halides is 3. The molecule has 0 bridgehead atoms. The second-order valence-corrected chi connectivity index (χ2v) is 5.51. The Balaban J connectivity index is 2.41. The lowest BCUT2D eigenvalue weighted by Crippen LogP contribution is -2.12. The first kappa shape index (κ1) is 18.0. The van der Waals surface area contributed by atoms with Gasteiger partial charge in [-0.3, -0.25) is 0 Å². The third-order valence-corrected chi connectivity index (χ3v) is 3.71. The van der Waals surface area contributed by atoms with Gasteiger partial charge in [0.05, 0.1) is 11.7 Å². The van der Waals surface area contributed by atoms with Crippen molar-refractivity contribution in [1.82, 2.24) is 0 Å². The number of halogens is 3. The average molecular weight is 302 g/mol. The van der Waals surface area contributed by atoms with Gasteiger partial charge in [0.25, 0.3) is 0 Å². The first-order chi connectivity index (χ1) is 9.96. The maximum atomic E-state index is 12.9. The molecule has 1 aromatic carbocycles. The second-order valence-electron chi connectivity index (χ2n) is 5.51. The lowest BCUT2D eigenvalue weighted by molar-refractivity contribution is -0.139. The Morgan fingerprint density at radius 3 is 2.14 bits per heavy atom. The van der Waals surface area contributed by atoms with Gasteiger partial charge in [-0.1, -0.05) is 70.1 Å². The molecule has 0 aliphatic rings. The maximum Gasteiger partial charge on any atom is 0.416 e. The van der Waals surface area contributed by atoms with Crippen LogP contribution < -0.4 is 0 Å². The molecule has 0 saturated carbocycles. The summed E-state index contributed by atoms with van der Waals surface area (Å²) in [5.74, 6) is 0. The lowest BCUT2D eigenvalue weighted by atomic mass is 9.97. The van der Waals surface area contributed by atoms with E-state index in [-0.39, 0.29) is 5.56 Å². The Labute approximate surface area is 125 Å². The molecule has 1 aromatic rings. The molecule has 0 heterocycles. The predicted octanol–water partition coefficient (Wildman–Crippen LogP) is 5.88. The van der Waals surface area contributed by atoms with Gasteiger partial charge in [0.15, 0.2) is 0 Å². The van der Waals surface area contributed by atoms with Gasteiger partial charge in [0.1, 0.15) is 0 Å². The molecule has 0 fully saturated rings. The maximum absolute atomic E-state index is 12.9. The van der Waals surface area contributed by atoms with Crippen LogP contribution in [0.15, 0.2) is 24.3 Å². The summed E-state index contributed by atoms with van der Waals surface area (Å²) in [5.41, 5.74) is -0.726. The van der Waals surface area contributed by atoms with Crippen molar-refractivity contribution >= 4 is 0 Å². The summed E-state index contributed by atoms with van der Waals surface area (Å²) in [6.45, 7) is 2.16. The molecule has 0 spiro atoms. The van der Waals surface area contributed by atoms with Crippen LogP contribution in [0.2, 0.25) is 0 Å². The van der Waals surface area contributed by atoms with Crippen LogP contribution in [0.1, 0.15) is 75.5 Å². The summed E-state index contributed by atoms with van der Waals surface area (Å²) in [7, 11) is 0. The smallest absolute Gasteiger partial charge is 0.388 e. The molecule has 0 aliphatic carbocycles. The fraction of sp³-hybridized carbons (Fsp3) is 0.647. The largest absolute Gasteiger partial charge is 0.416 e. The molecule has 0 amide bonds. The first-order valence-corrected chi connectivity index (χ1v) is 7.81. The van der Waals surface area contributed by atoms with Gasteiger partial charge in [0, 0.05) is 0 Å². The first-order valence-electron chi connectivity index (χ1n) is 7.81. The molecular weight excluding hydrogens is 277 g/mol. The third kappa shape index (κ3) is 6.51. The number of hydrogen-bond donors (Lipinski definition) is 1. The zero-order chi connectivity index (χ0) is 15.7. The SMILES string of the molecule is CCCCCCCCCC(O)c1ccccc1C(F)(F)F. The minimum Gasteiger partial charge on any atom is -0.388 e. The molecule has 1 N–H and O–H groups in total. The van der Waals surface area contributed by atoms with E-state index in [1.165, 1.54) is 37.8 Å². The van der Waals surface area contributed by atoms with Crippen LogP contribution in [0.25, 0.3) is 0 Å². The molecule has 1 unspecified atom stereocenters. The summed E-state index contributed by atoms with van der Waals surface area (Å²) in [4.78, 5) is 0. The van der Waals surface area contributed by atoms with E-state index in [2.05, 4.69) is 6.92 Å². The fourth-order valence-electron chi connectivity index (χ4n) is 2.50. The van der Waals surface area contributed by atoms with E-state index >= 15 is 0 Å². The molecule has 1 rings (SSSR count). The number of unbranched alkanes of at least 4 members (excludes halogenated alkanes) is 6. The zero-order valence-electron chi connectivity index (χ0n) is 12.6. The molecular formula is C17H25F3O. The summed E-state index contributed by atoms with van der Waals surface area (Å²) in [6, 6.07) is 5.29. The zero-order valence-corrected chi connectivity index (χ0v) is 12.6. The van der Waals surface area contributed by atoms with Crippen molar-refractivity contribution in [2.75, 3.05) is 0 Å². The normalized spacial score (nSPS) is 13.4. The molecule has 1 atom stereocenters. The van der Waals surface area contributed by atoms with Crippen molar-refractivity contribution in [3.05, 3.63) is 35.4 Å². The van der Waals surface area contributed by atoms with Crippen LogP contribution in [-0.4, -0.2) is 5.11 Å². The van der Waals surface area contributed by atoms with E-state index < -0.39 is 17.8 Å². The minimum atomic E-state index is -4.41. The van der Waals surface area contributed by atoms with Crippen LogP contribution in [-0.2, 0) is 6.18 Å². The summed E-state index contributed by atoms with van der Waals surface area (Å²) in [6.07, 6.45) is 2.60. The molecule has 0 aromatic heterocycles. The van der Waals surface area contributed by atoms with Crippen LogP contribution in [0.5, 0.6) is 0 Å². The Morgan fingerprint density at radius 2 is 1.52 bits per heavy atom. The van der Waals surface area contributed by atoms with E-state index in [9.17, 15) is 18.3 Å². The van der Waals surface area contributed by atoms with Crippen LogP contribution in [0, 0.1) is 0 Å². The fourth-order valence-corrected chi connectivity index (χ4v) is 2.50. The van der Waals surface area contributed by atoms with Gasteiger partial charge < -0.3 is 5.11 Å². The molecule has 0 radical (unpaired) electrons. The highest BCUT2D eigenvalue weighted by atomic mass is 19.4. The number of hydrogen-bond acceptors (Lipinski definition) is 1. The molecule has 4 heteroatoms. The van der Waals surface area contributed by atoms with Gasteiger partial charge in [0.2, 0.25) is 0 Å². The van der Waals surface area contributed by atoms with Crippen LogP contribution >= 0.6 is 0 Å². The number of aliphatic hydroxyl groups is 1. The summed E-state index contributed by atoms with van der Waals surface area (Å²) in [5, 5.41) is 10.0. The van der Waals surface area contributed by atoms with Crippen molar-refractivity contribution in [3.8, 4) is 0 Å². The van der Waals surface area contributed by atoms with Crippen LogP contribution in [0.4, 0.5) is 13.2 Å². The van der Waals surface area contributed by atoms with Gasteiger partial charge in [-0.05, 0) is 18.1 Å². The van der Waals surface area contributed by atoms with E-state index in [0.717, 1.165) is 25.3 Å². The van der Waals surface area contributed by atoms with Gasteiger partial charge in [-0.2, -0.15) is 13.2 Å². The Bertz CT molecular complexity index is 401. The highest BCUT2D eigenvalue weighted by molar-refractivity contribution is 5.31. The quantitative estimate of drug-likeness (QED) is 0.565. The Kier molecular flexibility index (Phi) is 7.79. The molecule has 21 heavy (non-hydrogen) atoms. The highest BCUT2D eigenvalue weighted by Crippen LogP contribution is 2.35. The Morgan fingerprint density at radius 1 is 0.952 bits per heavy atom. The minimum absolute atomic E-state index is 0.00372. The van der Waals surface area contributed by atoms with Gasteiger partial charge in [-0.15, -0.1) is 0 Å². The van der Waals surface area contributed by atoms with Crippen LogP contribution in [0.3, 0.4) is 0 Å². The summed E-state index contributed by atoms with van der Waals surface area (Å²) < 4.78 is 38.6. The molecule has 0 saturated heterocycles. The van der Waals surface area contributed by atoms with Gasteiger partial charge >= 0.3 is 6.18 Å². The molecule has 1 nitrogen and oxygen atoms in total. The average Bonchev–Trinajstić information content (AvgIpc) is 2.45. The van der Waals surface area contributed by atoms with Crippen molar-refractivity contribution < 1.29 is 18.3 Å². The van der Waals surface area contributed by atoms with Crippen molar-refractivity contribution in [1.29, 1.82) is 0 Å². The van der Waals surface area contributed by atoms with Crippen molar-refractivity contribution in [3.63, 3.8) is 0 Å². The molecule has 120 valence electrons. The van der Waals surface area contributed by atoms with Gasteiger partial charge in [-0.25, -0.2) is 0 Å². The topological polar surface area (TPSA) is 20.2 Å². The van der Waals surface area contributed by atoms with E-state index in [4.69, 9.17) is 0 Å². The molecule has 0 aliphatic heterocycles. The van der Waals surface area contributed by atoms with E-state index in [1.54, 1.807) is 6.07 Å². The Hall–Kier alpha value is -1.03. The van der Waals surface area contributed by atoms with Crippen molar-refractivity contribution in [2.45, 2.75) is 70.6 Å². The van der Waals surface area contributed by atoms with Crippen molar-refractivity contribution in [2.24, 2.45) is 0 Å². The third-order valence-electron chi connectivity index (χ3n) is 3.71. The number of benzene rings is 1.